The molecule has 1 aliphatic heterocycles. The van der Waals surface area contributed by atoms with Crippen molar-refractivity contribution < 1.29 is 0 Å². The Morgan fingerprint density at radius 3 is 2.06 bits per heavy atom. The summed E-state index contributed by atoms with van der Waals surface area (Å²) in [6.07, 6.45) is 4.56. The molecule has 1 aromatic heterocycles. The minimum atomic E-state index is 0.773. The number of likely N-dealkylation sites (tertiary alicyclic amines) is 1. The highest BCUT2D eigenvalue weighted by Crippen LogP contribution is 2.26. The van der Waals surface area contributed by atoms with E-state index in [0.717, 1.165) is 42.5 Å². The summed E-state index contributed by atoms with van der Waals surface area (Å²) in [7, 11) is 0. The first-order chi connectivity index (χ1) is 17.3. The predicted molar refractivity (Wildman–Crippen MR) is 144 cm³/mol. The van der Waals surface area contributed by atoms with Crippen LogP contribution < -0.4 is 5.32 Å². The third-order valence-electron chi connectivity index (χ3n) is 6.97. The van der Waals surface area contributed by atoms with Crippen LogP contribution in [0.3, 0.4) is 0 Å². The number of benzene rings is 3. The zero-order valence-corrected chi connectivity index (χ0v) is 20.3. The molecule has 0 radical (unpaired) electrons. The fourth-order valence-electron chi connectivity index (χ4n) is 4.99. The number of piperidine rings is 1. The molecule has 0 aliphatic carbocycles. The van der Waals surface area contributed by atoms with Crippen molar-refractivity contribution in [1.82, 2.24) is 15.1 Å². The minimum absolute atomic E-state index is 0.773. The van der Waals surface area contributed by atoms with Gasteiger partial charge in [-0.3, -0.25) is 4.90 Å². The molecule has 1 saturated heterocycles. The maximum absolute atomic E-state index is 4.64. The van der Waals surface area contributed by atoms with E-state index >= 15 is 0 Å². The van der Waals surface area contributed by atoms with Gasteiger partial charge in [0, 0.05) is 18.7 Å². The molecule has 0 bridgehead atoms. The average molecular weight is 463 g/mol. The number of nitrogens with one attached hydrogen (secondary N) is 1. The second-order valence-corrected chi connectivity index (χ2v) is 9.55. The van der Waals surface area contributed by atoms with Crippen LogP contribution in [0, 0.1) is 5.92 Å². The molecule has 1 N–H and O–H groups in total. The van der Waals surface area contributed by atoms with E-state index in [1.165, 1.54) is 49.0 Å². The van der Waals surface area contributed by atoms with Crippen LogP contribution in [0.15, 0.2) is 97.1 Å². The zero-order valence-electron chi connectivity index (χ0n) is 20.3. The molecule has 0 spiro atoms. The zero-order chi connectivity index (χ0) is 23.7. The second-order valence-electron chi connectivity index (χ2n) is 9.55. The number of aromatic nitrogens is 2. The van der Waals surface area contributed by atoms with Crippen molar-refractivity contribution in [3.63, 3.8) is 0 Å². The molecule has 3 aromatic carbocycles. The largest absolute Gasteiger partial charge is 0.369 e. The van der Waals surface area contributed by atoms with E-state index in [-0.39, 0.29) is 0 Å². The first kappa shape index (κ1) is 23.3. The highest BCUT2D eigenvalue weighted by molar-refractivity contribution is 5.64. The molecular formula is C31H34N4. The average Bonchev–Trinajstić information content (AvgIpc) is 2.92. The summed E-state index contributed by atoms with van der Waals surface area (Å²) < 4.78 is 0. The Morgan fingerprint density at radius 1 is 0.743 bits per heavy atom. The van der Waals surface area contributed by atoms with Gasteiger partial charge in [-0.05, 0) is 67.4 Å². The van der Waals surface area contributed by atoms with Crippen LogP contribution in [0.5, 0.6) is 0 Å². The number of hydrogen-bond acceptors (Lipinski definition) is 4. The summed E-state index contributed by atoms with van der Waals surface area (Å²) in [5.41, 5.74) is 5.97. The highest BCUT2D eigenvalue weighted by Gasteiger charge is 2.19. The number of hydrogen-bond donors (Lipinski definition) is 1. The van der Waals surface area contributed by atoms with E-state index in [0.29, 0.717) is 0 Å². The van der Waals surface area contributed by atoms with Crippen molar-refractivity contribution in [3.05, 3.63) is 114 Å². The lowest BCUT2D eigenvalue weighted by Gasteiger charge is -2.32. The quantitative estimate of drug-likeness (QED) is 0.310. The van der Waals surface area contributed by atoms with Crippen LogP contribution in [-0.4, -0.2) is 34.7 Å². The lowest BCUT2D eigenvalue weighted by Crippen LogP contribution is -2.33. The molecule has 0 atom stereocenters. The first-order valence-electron chi connectivity index (χ1n) is 12.8. The summed E-state index contributed by atoms with van der Waals surface area (Å²) in [6.45, 7) is 4.38. The Balaban J connectivity index is 1.17. The van der Waals surface area contributed by atoms with Crippen LogP contribution in [-0.2, 0) is 13.0 Å². The van der Waals surface area contributed by atoms with Gasteiger partial charge in [-0.2, -0.15) is 0 Å². The van der Waals surface area contributed by atoms with Gasteiger partial charge in [0.15, 0.2) is 0 Å². The predicted octanol–water partition coefficient (Wildman–Crippen LogP) is 6.45. The fourth-order valence-corrected chi connectivity index (χ4v) is 4.99. The van der Waals surface area contributed by atoms with Crippen LogP contribution in [0.1, 0.15) is 36.0 Å². The molecule has 0 amide bonds. The van der Waals surface area contributed by atoms with Crippen molar-refractivity contribution in [2.45, 2.75) is 32.2 Å². The van der Waals surface area contributed by atoms with Crippen LogP contribution >= 0.6 is 0 Å². The van der Waals surface area contributed by atoms with Gasteiger partial charge in [-0.1, -0.05) is 91.0 Å². The Morgan fingerprint density at radius 2 is 1.37 bits per heavy atom. The van der Waals surface area contributed by atoms with Gasteiger partial charge >= 0.3 is 0 Å². The van der Waals surface area contributed by atoms with Gasteiger partial charge in [0.1, 0.15) is 5.82 Å². The molecule has 1 aliphatic rings. The van der Waals surface area contributed by atoms with Crippen molar-refractivity contribution in [1.29, 1.82) is 0 Å². The maximum atomic E-state index is 4.64. The van der Waals surface area contributed by atoms with Gasteiger partial charge in [-0.25, -0.2) is 0 Å². The number of nitrogens with zero attached hydrogens (tertiary/aromatic N) is 3. The molecule has 4 nitrogen and oxygen atoms in total. The highest BCUT2D eigenvalue weighted by atomic mass is 15.2. The summed E-state index contributed by atoms with van der Waals surface area (Å²) in [6, 6.07) is 34.0. The molecule has 5 rings (SSSR count). The topological polar surface area (TPSA) is 41.0 Å². The van der Waals surface area contributed by atoms with Crippen molar-refractivity contribution in [2.24, 2.45) is 5.92 Å². The molecule has 4 heteroatoms. The van der Waals surface area contributed by atoms with Gasteiger partial charge in [-0.15, -0.1) is 10.2 Å². The van der Waals surface area contributed by atoms with E-state index < -0.39 is 0 Å². The lowest BCUT2D eigenvalue weighted by molar-refractivity contribution is 0.174. The molecule has 178 valence electrons. The van der Waals surface area contributed by atoms with Gasteiger partial charge in [0.05, 0.1) is 5.69 Å². The second kappa shape index (κ2) is 11.8. The van der Waals surface area contributed by atoms with Crippen LogP contribution in [0.4, 0.5) is 5.82 Å². The lowest BCUT2D eigenvalue weighted by atomic mass is 9.93. The molecule has 4 aromatic rings. The number of anilines is 1. The summed E-state index contributed by atoms with van der Waals surface area (Å²) >= 11 is 0. The third kappa shape index (κ3) is 6.55. The van der Waals surface area contributed by atoms with E-state index in [1.807, 2.05) is 6.07 Å². The minimum Gasteiger partial charge on any atom is -0.369 e. The Labute approximate surface area is 209 Å². The van der Waals surface area contributed by atoms with E-state index in [2.05, 4.69) is 111 Å². The summed E-state index contributed by atoms with van der Waals surface area (Å²) in [4.78, 5) is 2.59. The van der Waals surface area contributed by atoms with E-state index in [9.17, 15) is 0 Å². The Kier molecular flexibility index (Phi) is 7.82. The SMILES string of the molecule is c1ccc(Cc2cc(NCCC3CCN(Cc4ccccc4)CC3)nnc2-c2ccccc2)cc1. The fraction of sp³-hybridized carbons (Fsp3) is 0.290. The van der Waals surface area contributed by atoms with Crippen molar-refractivity contribution in [3.8, 4) is 11.3 Å². The number of rotatable bonds is 9. The molecule has 2 heterocycles. The molecule has 35 heavy (non-hydrogen) atoms. The van der Waals surface area contributed by atoms with Crippen LogP contribution in [0.2, 0.25) is 0 Å². The first-order valence-corrected chi connectivity index (χ1v) is 12.8. The van der Waals surface area contributed by atoms with Crippen LogP contribution in [0.25, 0.3) is 11.3 Å². The maximum Gasteiger partial charge on any atom is 0.148 e. The molecule has 0 saturated carbocycles. The monoisotopic (exact) mass is 462 g/mol. The molecule has 0 unspecified atom stereocenters. The Hall–Kier alpha value is -3.50. The van der Waals surface area contributed by atoms with Gasteiger partial charge in [0.2, 0.25) is 0 Å². The summed E-state index contributed by atoms with van der Waals surface area (Å²) in [5.74, 6) is 1.65. The van der Waals surface area contributed by atoms with Crippen molar-refractivity contribution >= 4 is 5.82 Å². The molecular weight excluding hydrogens is 428 g/mol. The van der Waals surface area contributed by atoms with E-state index in [1.54, 1.807) is 0 Å². The van der Waals surface area contributed by atoms with Gasteiger partial charge < -0.3 is 5.32 Å². The van der Waals surface area contributed by atoms with Gasteiger partial charge in [0.25, 0.3) is 0 Å². The smallest absolute Gasteiger partial charge is 0.148 e. The van der Waals surface area contributed by atoms with E-state index in [4.69, 9.17) is 0 Å². The third-order valence-corrected chi connectivity index (χ3v) is 6.97. The summed E-state index contributed by atoms with van der Waals surface area (Å²) in [5, 5.41) is 12.7. The standard InChI is InChI=1S/C31H34N4/c1-4-10-26(11-5-1)22-29-23-30(33-34-31(29)28-14-8-3-9-15-28)32-19-16-25-17-20-35(21-18-25)24-27-12-6-2-7-13-27/h1-15,23,25H,16-22,24H2,(H,32,33). The normalized spacial score (nSPS) is 14.6. The Bertz CT molecular complexity index is 1170. The molecule has 1 fully saturated rings. The van der Waals surface area contributed by atoms with Crippen molar-refractivity contribution in [2.75, 3.05) is 25.0 Å².